The molecule has 0 aromatic heterocycles. The van der Waals surface area contributed by atoms with Crippen molar-refractivity contribution < 1.29 is 33.8 Å². The lowest BCUT2D eigenvalue weighted by molar-refractivity contribution is -0.385. The summed E-state index contributed by atoms with van der Waals surface area (Å²) >= 11 is 0. The molecule has 3 aliphatic rings. The third kappa shape index (κ3) is 3.80. The zero-order valence-electron chi connectivity index (χ0n) is 19.0. The molecule has 3 atom stereocenters. The van der Waals surface area contributed by atoms with Crippen molar-refractivity contribution in [3.63, 3.8) is 0 Å². The van der Waals surface area contributed by atoms with Crippen LogP contribution in [0.1, 0.15) is 42.7 Å². The maximum Gasteiger partial charge on any atom is 0.313 e. The van der Waals surface area contributed by atoms with E-state index in [0.717, 1.165) is 5.56 Å². The third-order valence-electron chi connectivity index (χ3n) is 6.80. The van der Waals surface area contributed by atoms with E-state index in [4.69, 9.17) is 14.2 Å². The molecular weight excluding hydrogens is 456 g/mol. The first-order chi connectivity index (χ1) is 16.8. The average Bonchev–Trinajstić information content (AvgIpc) is 3.29. The van der Waals surface area contributed by atoms with Crippen LogP contribution in [0.4, 0.5) is 5.69 Å². The number of aliphatic imine (C=N–C) groups is 1. The van der Waals surface area contributed by atoms with Crippen molar-refractivity contribution in [2.24, 2.45) is 10.9 Å². The number of nitro groups is 1. The predicted octanol–water partition coefficient (Wildman–Crippen LogP) is 3.99. The van der Waals surface area contributed by atoms with Crippen molar-refractivity contribution in [1.29, 1.82) is 0 Å². The Labute approximate surface area is 200 Å². The zero-order valence-corrected chi connectivity index (χ0v) is 19.0. The van der Waals surface area contributed by atoms with E-state index < -0.39 is 22.7 Å². The minimum Gasteiger partial charge on any atom is -0.497 e. The van der Waals surface area contributed by atoms with Gasteiger partial charge >= 0.3 is 5.97 Å². The number of rotatable bonds is 5. The zero-order chi connectivity index (χ0) is 24.9. The quantitative estimate of drug-likeness (QED) is 0.503. The van der Waals surface area contributed by atoms with Gasteiger partial charge in [0.2, 0.25) is 6.79 Å². The van der Waals surface area contributed by atoms with Crippen LogP contribution in [0.2, 0.25) is 0 Å². The summed E-state index contributed by atoms with van der Waals surface area (Å²) in [6.07, 6.45) is 0.548. The van der Waals surface area contributed by atoms with Gasteiger partial charge in [-0.05, 0) is 43.0 Å². The number of allylic oxidation sites excluding steroid dienone is 2. The standard InChI is InChI=1S/C25H22N2O8/c1-12-22(25(29)30)23(16-9-20-21(35-11-34-20)10-18(16)27(31)32)24-17(26-12)7-14(8-19(24)28)13-3-5-15(33-2)6-4-13/h3-6,9-10,14,22-23H,7-8,11H2,1-2H3,(H,29,30). The van der Waals surface area contributed by atoms with E-state index in [1.807, 2.05) is 24.3 Å². The van der Waals surface area contributed by atoms with Gasteiger partial charge in [-0.1, -0.05) is 12.1 Å². The van der Waals surface area contributed by atoms with E-state index in [0.29, 0.717) is 17.9 Å². The van der Waals surface area contributed by atoms with E-state index in [1.54, 1.807) is 14.0 Å². The number of ketones is 1. The fraction of sp³-hybridized carbons (Fsp3) is 0.320. The van der Waals surface area contributed by atoms with Gasteiger partial charge in [-0.3, -0.25) is 24.7 Å². The first-order valence-corrected chi connectivity index (χ1v) is 11.0. The largest absolute Gasteiger partial charge is 0.497 e. The van der Waals surface area contributed by atoms with E-state index in [1.165, 1.54) is 12.1 Å². The highest BCUT2D eigenvalue weighted by Crippen LogP contribution is 2.50. The lowest BCUT2D eigenvalue weighted by Gasteiger charge is -2.35. The van der Waals surface area contributed by atoms with E-state index in [9.17, 15) is 24.8 Å². The number of carboxylic acids is 1. The van der Waals surface area contributed by atoms with Crippen molar-refractivity contribution >= 4 is 23.2 Å². The van der Waals surface area contributed by atoms with Gasteiger partial charge in [-0.25, -0.2) is 0 Å². The number of Topliss-reactive ketones (excluding diaryl/α,β-unsaturated/α-hetero) is 1. The van der Waals surface area contributed by atoms with Gasteiger partial charge in [0.1, 0.15) is 11.7 Å². The molecular formula is C25H22N2O8. The van der Waals surface area contributed by atoms with Crippen LogP contribution in [0.15, 0.2) is 52.7 Å². The van der Waals surface area contributed by atoms with Crippen molar-refractivity contribution in [1.82, 2.24) is 0 Å². The molecule has 5 rings (SSSR count). The molecule has 0 saturated heterocycles. The van der Waals surface area contributed by atoms with Gasteiger partial charge in [0.25, 0.3) is 5.69 Å². The number of hydrogen-bond acceptors (Lipinski definition) is 8. The van der Waals surface area contributed by atoms with Crippen molar-refractivity contribution in [3.8, 4) is 17.2 Å². The number of carboxylic acid groups (broad SMARTS) is 1. The fourth-order valence-electron chi connectivity index (χ4n) is 5.18. The van der Waals surface area contributed by atoms with Gasteiger partial charge in [0.05, 0.1) is 18.1 Å². The second-order valence-corrected chi connectivity index (χ2v) is 8.73. The van der Waals surface area contributed by atoms with Crippen LogP contribution in [0.25, 0.3) is 0 Å². The molecule has 10 heteroatoms. The monoisotopic (exact) mass is 478 g/mol. The van der Waals surface area contributed by atoms with E-state index in [2.05, 4.69) is 4.99 Å². The minimum atomic E-state index is -1.23. The maximum absolute atomic E-state index is 13.5. The van der Waals surface area contributed by atoms with Crippen molar-refractivity contribution in [2.45, 2.75) is 31.6 Å². The summed E-state index contributed by atoms with van der Waals surface area (Å²) in [6, 6.07) is 10.1. The molecule has 0 saturated carbocycles. The lowest BCUT2D eigenvalue weighted by atomic mass is 9.69. The highest BCUT2D eigenvalue weighted by Gasteiger charge is 2.47. The number of benzene rings is 2. The number of nitro benzene ring substituents is 1. The molecule has 0 spiro atoms. The summed E-state index contributed by atoms with van der Waals surface area (Å²) in [7, 11) is 1.57. The van der Waals surface area contributed by atoms with Crippen LogP contribution in [0.3, 0.4) is 0 Å². The van der Waals surface area contributed by atoms with Gasteiger partial charge in [-0.2, -0.15) is 0 Å². The Morgan fingerprint density at radius 2 is 1.86 bits per heavy atom. The lowest BCUT2D eigenvalue weighted by Crippen LogP contribution is -2.37. The Hall–Kier alpha value is -4.21. The third-order valence-corrected chi connectivity index (χ3v) is 6.80. The van der Waals surface area contributed by atoms with Crippen LogP contribution in [-0.2, 0) is 9.59 Å². The van der Waals surface area contributed by atoms with Gasteiger partial charge in [0, 0.05) is 34.9 Å². The molecule has 3 unspecified atom stereocenters. The SMILES string of the molecule is COc1ccc(C2CC(=O)C3=C(C2)N=C(C)C(C(=O)O)C3c2cc3c(cc2[N+](=O)[O-])OCO3)cc1. The normalized spacial score (nSPS) is 23.0. The minimum absolute atomic E-state index is 0.0974. The Morgan fingerprint density at radius 1 is 1.17 bits per heavy atom. The molecule has 2 aromatic rings. The van der Waals surface area contributed by atoms with Gasteiger partial charge in [-0.15, -0.1) is 0 Å². The summed E-state index contributed by atoms with van der Waals surface area (Å²) < 4.78 is 15.9. The molecule has 0 bridgehead atoms. The number of hydrogen-bond donors (Lipinski definition) is 1. The van der Waals surface area contributed by atoms with Crippen LogP contribution in [0.5, 0.6) is 17.2 Å². The fourth-order valence-corrected chi connectivity index (χ4v) is 5.18. The number of methoxy groups -OCH3 is 1. The topological polar surface area (TPSA) is 138 Å². The molecule has 2 aromatic carbocycles. The molecule has 1 aliphatic carbocycles. The van der Waals surface area contributed by atoms with Crippen LogP contribution >= 0.6 is 0 Å². The highest BCUT2D eigenvalue weighted by molar-refractivity contribution is 6.09. The molecule has 0 amide bonds. The molecule has 1 N–H and O–H groups in total. The second-order valence-electron chi connectivity index (χ2n) is 8.73. The summed E-state index contributed by atoms with van der Waals surface area (Å²) in [6.45, 7) is 1.48. The Morgan fingerprint density at radius 3 is 2.49 bits per heavy atom. The molecule has 2 aliphatic heterocycles. The first-order valence-electron chi connectivity index (χ1n) is 11.0. The Bertz CT molecular complexity index is 1310. The second kappa shape index (κ2) is 8.53. The van der Waals surface area contributed by atoms with Gasteiger partial charge in [0.15, 0.2) is 17.3 Å². The molecule has 35 heavy (non-hydrogen) atoms. The smallest absolute Gasteiger partial charge is 0.313 e. The Balaban J connectivity index is 1.64. The van der Waals surface area contributed by atoms with Crippen LogP contribution < -0.4 is 14.2 Å². The molecule has 0 radical (unpaired) electrons. The summed E-state index contributed by atoms with van der Waals surface area (Å²) in [4.78, 5) is 41.8. The van der Waals surface area contributed by atoms with Crippen LogP contribution in [-0.4, -0.2) is 41.4 Å². The summed E-state index contributed by atoms with van der Waals surface area (Å²) in [5.41, 5.74) is 1.69. The summed E-state index contributed by atoms with van der Waals surface area (Å²) in [5.74, 6) is -2.76. The Kier molecular flexibility index (Phi) is 5.50. The number of nitrogens with zero attached hydrogens (tertiary/aromatic N) is 2. The molecule has 2 heterocycles. The maximum atomic E-state index is 13.5. The van der Waals surface area contributed by atoms with Crippen molar-refractivity contribution in [2.75, 3.05) is 13.9 Å². The number of aliphatic carboxylic acids is 1. The van der Waals surface area contributed by atoms with E-state index in [-0.39, 0.29) is 58.9 Å². The molecule has 0 fully saturated rings. The molecule has 180 valence electrons. The number of ether oxygens (including phenoxy) is 3. The predicted molar refractivity (Wildman–Crippen MR) is 123 cm³/mol. The van der Waals surface area contributed by atoms with E-state index >= 15 is 0 Å². The first kappa shape index (κ1) is 22.6. The van der Waals surface area contributed by atoms with Gasteiger partial charge < -0.3 is 19.3 Å². The van der Waals surface area contributed by atoms with Crippen molar-refractivity contribution in [3.05, 3.63) is 68.9 Å². The number of carbonyl (C=O) groups excluding carboxylic acids is 1. The summed E-state index contributed by atoms with van der Waals surface area (Å²) in [5, 5.41) is 22.0. The molecule has 10 nitrogen and oxygen atoms in total. The number of fused-ring (bicyclic) bond motifs is 1. The highest BCUT2D eigenvalue weighted by atomic mass is 16.7. The number of carbonyl (C=O) groups is 2. The van der Waals surface area contributed by atoms with Crippen LogP contribution in [0, 0.1) is 16.0 Å². The average molecular weight is 478 g/mol.